The van der Waals surface area contributed by atoms with E-state index in [0.717, 1.165) is 23.7 Å². The molecule has 3 aromatic rings. The van der Waals surface area contributed by atoms with E-state index in [1.807, 2.05) is 48.6 Å². The lowest BCUT2D eigenvalue weighted by Crippen LogP contribution is -2.48. The number of carbonyl (C=O) groups excluding carboxylic acids is 1. The van der Waals surface area contributed by atoms with Gasteiger partial charge in [-0.2, -0.15) is 13.2 Å². The molecule has 0 atom stereocenters. The largest absolute Gasteiger partial charge is 0.418 e. The highest BCUT2D eigenvalue weighted by atomic mass is 19.4. The van der Waals surface area contributed by atoms with Crippen molar-refractivity contribution in [3.63, 3.8) is 0 Å². The highest BCUT2D eigenvalue weighted by Gasteiger charge is 2.37. The van der Waals surface area contributed by atoms with Crippen LogP contribution in [0.15, 0.2) is 73.1 Å². The van der Waals surface area contributed by atoms with Crippen molar-refractivity contribution in [2.24, 2.45) is 0 Å². The van der Waals surface area contributed by atoms with Crippen LogP contribution in [0.25, 0.3) is 6.08 Å². The van der Waals surface area contributed by atoms with E-state index in [-0.39, 0.29) is 17.2 Å². The number of hydrogen-bond acceptors (Lipinski definition) is 4. The van der Waals surface area contributed by atoms with Gasteiger partial charge in [0, 0.05) is 62.9 Å². The molecule has 0 spiro atoms. The molecule has 180 valence electrons. The smallest absolute Gasteiger partial charge is 0.337 e. The van der Waals surface area contributed by atoms with Gasteiger partial charge < -0.3 is 9.80 Å². The number of para-hydroxylation sites is 1. The molecule has 2 aliphatic rings. The molecule has 0 N–H and O–H groups in total. The Balaban J connectivity index is 1.35. The van der Waals surface area contributed by atoms with Crippen LogP contribution in [0.5, 0.6) is 0 Å². The zero-order valence-corrected chi connectivity index (χ0v) is 19.1. The number of amides is 1. The first-order chi connectivity index (χ1) is 16.9. The fourth-order valence-electron chi connectivity index (χ4n) is 4.66. The number of alkyl halides is 3. The Morgan fingerprint density at radius 2 is 1.66 bits per heavy atom. The molecule has 0 unspecified atom stereocenters. The molecule has 0 bridgehead atoms. The quantitative estimate of drug-likeness (QED) is 0.515. The van der Waals surface area contributed by atoms with E-state index >= 15 is 0 Å². The second-order valence-corrected chi connectivity index (χ2v) is 8.73. The molecular formula is C27H25F3N4O. The third-order valence-corrected chi connectivity index (χ3v) is 6.47. The molecule has 0 aliphatic carbocycles. The molecule has 3 heterocycles. The number of benzene rings is 2. The third kappa shape index (κ3) is 4.93. The predicted molar refractivity (Wildman–Crippen MR) is 129 cm³/mol. The first-order valence-corrected chi connectivity index (χ1v) is 11.5. The van der Waals surface area contributed by atoms with Crippen LogP contribution in [0.2, 0.25) is 0 Å². The molecule has 2 aromatic carbocycles. The average molecular weight is 479 g/mol. The minimum absolute atomic E-state index is 0.0491. The fraction of sp³-hybridized carbons (Fsp3) is 0.259. The van der Waals surface area contributed by atoms with Crippen molar-refractivity contribution in [1.29, 1.82) is 0 Å². The minimum atomic E-state index is -4.59. The Morgan fingerprint density at radius 3 is 2.40 bits per heavy atom. The van der Waals surface area contributed by atoms with Crippen LogP contribution >= 0.6 is 0 Å². The molecule has 1 aromatic heterocycles. The molecule has 0 radical (unpaired) electrons. The second-order valence-electron chi connectivity index (χ2n) is 8.73. The van der Waals surface area contributed by atoms with E-state index in [0.29, 0.717) is 38.4 Å². The van der Waals surface area contributed by atoms with E-state index < -0.39 is 11.7 Å². The summed E-state index contributed by atoms with van der Waals surface area (Å²) in [6.07, 6.45) is 2.65. The van der Waals surface area contributed by atoms with Crippen LogP contribution in [0.1, 0.15) is 27.0 Å². The Labute approximate surface area is 202 Å². The number of piperazine rings is 1. The van der Waals surface area contributed by atoms with E-state index in [9.17, 15) is 18.0 Å². The lowest BCUT2D eigenvalue weighted by Gasteiger charge is -2.35. The third-order valence-electron chi connectivity index (χ3n) is 6.47. The van der Waals surface area contributed by atoms with Crippen LogP contribution in [0.3, 0.4) is 0 Å². The molecule has 1 saturated heterocycles. The van der Waals surface area contributed by atoms with Crippen LogP contribution in [-0.2, 0) is 12.7 Å². The summed E-state index contributed by atoms with van der Waals surface area (Å²) in [7, 11) is 0. The average Bonchev–Trinajstić information content (AvgIpc) is 2.88. The number of nitrogens with zero attached hydrogens (tertiary/aromatic N) is 4. The Kier molecular flexibility index (Phi) is 6.30. The molecule has 1 fully saturated rings. The number of hydrogen-bond donors (Lipinski definition) is 0. The van der Waals surface area contributed by atoms with Gasteiger partial charge in [0.1, 0.15) is 0 Å². The zero-order valence-electron chi connectivity index (χ0n) is 19.1. The van der Waals surface area contributed by atoms with Gasteiger partial charge in [0.25, 0.3) is 5.91 Å². The van der Waals surface area contributed by atoms with Crippen molar-refractivity contribution >= 4 is 23.4 Å². The number of pyridine rings is 1. The molecular weight excluding hydrogens is 453 g/mol. The van der Waals surface area contributed by atoms with Crippen molar-refractivity contribution in [2.75, 3.05) is 37.6 Å². The monoisotopic (exact) mass is 478 g/mol. The summed E-state index contributed by atoms with van der Waals surface area (Å²) in [5.74, 6) is -0.371. The first-order valence-electron chi connectivity index (χ1n) is 11.5. The molecule has 1 amide bonds. The van der Waals surface area contributed by atoms with E-state index in [4.69, 9.17) is 0 Å². The lowest BCUT2D eigenvalue weighted by molar-refractivity contribution is -0.137. The van der Waals surface area contributed by atoms with E-state index in [1.54, 1.807) is 22.2 Å². The van der Waals surface area contributed by atoms with Crippen LogP contribution in [0.4, 0.5) is 24.5 Å². The van der Waals surface area contributed by atoms with Crippen molar-refractivity contribution in [3.8, 4) is 0 Å². The maximum Gasteiger partial charge on any atom is 0.418 e. The van der Waals surface area contributed by atoms with Crippen LogP contribution in [0, 0.1) is 0 Å². The molecule has 8 heteroatoms. The molecule has 35 heavy (non-hydrogen) atoms. The summed E-state index contributed by atoms with van der Waals surface area (Å²) < 4.78 is 42.4. The van der Waals surface area contributed by atoms with E-state index in [1.165, 1.54) is 12.1 Å². The standard InChI is InChI=1S/C27H25F3N4O/c28-27(29,30)23-18-22(7-8-25(23)34-13-3-5-21-4-1-2-6-24(21)34)26(35)33-16-14-32(15-17-33)19-20-9-11-31-12-10-20/h1-12,18H,13-17,19H2. The SMILES string of the molecule is O=C(c1ccc(N2CC=Cc3ccccc32)c(C(F)(F)F)c1)N1CCN(Cc2ccncc2)CC1. The fourth-order valence-corrected chi connectivity index (χ4v) is 4.66. The molecule has 5 nitrogen and oxygen atoms in total. The highest BCUT2D eigenvalue weighted by molar-refractivity contribution is 5.95. The van der Waals surface area contributed by atoms with Gasteiger partial charge in [-0.25, -0.2) is 0 Å². The summed E-state index contributed by atoms with van der Waals surface area (Å²) in [5, 5.41) is 0. The Hall–Kier alpha value is -3.65. The Morgan fingerprint density at radius 1 is 0.914 bits per heavy atom. The van der Waals surface area contributed by atoms with Gasteiger partial charge in [0.2, 0.25) is 0 Å². The lowest BCUT2D eigenvalue weighted by atomic mass is 10.0. The van der Waals surface area contributed by atoms with Crippen molar-refractivity contribution < 1.29 is 18.0 Å². The van der Waals surface area contributed by atoms with Crippen LogP contribution in [-0.4, -0.2) is 53.4 Å². The van der Waals surface area contributed by atoms with Gasteiger partial charge in [-0.1, -0.05) is 30.4 Å². The minimum Gasteiger partial charge on any atom is -0.337 e. The first kappa shape index (κ1) is 23.1. The van der Waals surface area contributed by atoms with Crippen LogP contribution < -0.4 is 4.90 Å². The van der Waals surface area contributed by atoms with Crippen molar-refractivity contribution in [3.05, 3.63) is 95.3 Å². The summed E-state index contributed by atoms with van der Waals surface area (Å²) in [6.45, 7) is 3.34. The van der Waals surface area contributed by atoms with Gasteiger partial charge >= 0.3 is 6.18 Å². The normalized spacial score (nSPS) is 16.3. The Bertz CT molecular complexity index is 1230. The molecule has 0 saturated carbocycles. The maximum atomic E-state index is 14.1. The summed E-state index contributed by atoms with van der Waals surface area (Å²) >= 11 is 0. The predicted octanol–water partition coefficient (Wildman–Crippen LogP) is 5.22. The topological polar surface area (TPSA) is 39.7 Å². The summed E-state index contributed by atoms with van der Waals surface area (Å²) in [5.41, 5.74) is 2.02. The highest BCUT2D eigenvalue weighted by Crippen LogP contribution is 2.41. The van der Waals surface area contributed by atoms with Gasteiger partial charge in [0.05, 0.1) is 11.3 Å². The number of rotatable bonds is 4. The number of anilines is 2. The molecule has 5 rings (SSSR count). The van der Waals surface area contributed by atoms with E-state index in [2.05, 4.69) is 9.88 Å². The van der Waals surface area contributed by atoms with Crippen molar-refractivity contribution in [1.82, 2.24) is 14.8 Å². The maximum absolute atomic E-state index is 14.1. The number of aromatic nitrogens is 1. The number of halogens is 3. The van der Waals surface area contributed by atoms with Gasteiger partial charge in [-0.3, -0.25) is 14.7 Å². The number of fused-ring (bicyclic) bond motifs is 1. The molecule has 2 aliphatic heterocycles. The zero-order chi connectivity index (χ0) is 24.4. The second kappa shape index (κ2) is 9.54. The van der Waals surface area contributed by atoms with Gasteiger partial charge in [-0.15, -0.1) is 0 Å². The number of carbonyl (C=O) groups is 1. The van der Waals surface area contributed by atoms with Crippen molar-refractivity contribution in [2.45, 2.75) is 12.7 Å². The summed E-state index contributed by atoms with van der Waals surface area (Å²) in [4.78, 5) is 22.7. The van der Waals surface area contributed by atoms with Gasteiger partial charge in [-0.05, 0) is 47.5 Å². The van der Waals surface area contributed by atoms with Gasteiger partial charge in [0.15, 0.2) is 0 Å². The summed E-state index contributed by atoms with van der Waals surface area (Å²) in [6, 6.07) is 15.2.